The van der Waals surface area contributed by atoms with E-state index < -0.39 is 0 Å². The van der Waals surface area contributed by atoms with Gasteiger partial charge >= 0.3 is 0 Å². The van der Waals surface area contributed by atoms with Gasteiger partial charge in [0.1, 0.15) is 5.82 Å². The molecule has 0 bridgehead atoms. The number of fused-ring (bicyclic) bond motifs is 1. The highest BCUT2D eigenvalue weighted by Gasteiger charge is 2.30. The molecule has 0 N–H and O–H groups in total. The molecular formula is C29H41F. The first-order valence-electron chi connectivity index (χ1n) is 12.9. The molecule has 0 unspecified atom stereocenters. The van der Waals surface area contributed by atoms with Gasteiger partial charge in [-0.1, -0.05) is 82.7 Å². The van der Waals surface area contributed by atoms with E-state index in [1.54, 1.807) is 0 Å². The fourth-order valence-corrected chi connectivity index (χ4v) is 6.49. The number of halogens is 1. The van der Waals surface area contributed by atoms with Crippen LogP contribution in [0.5, 0.6) is 0 Å². The Morgan fingerprint density at radius 1 is 0.767 bits per heavy atom. The van der Waals surface area contributed by atoms with Crippen molar-refractivity contribution in [2.75, 3.05) is 0 Å². The van der Waals surface area contributed by atoms with Gasteiger partial charge < -0.3 is 0 Å². The normalized spacial score (nSPS) is 27.4. The Balaban J connectivity index is 1.25. The molecule has 0 saturated heterocycles. The fourth-order valence-electron chi connectivity index (χ4n) is 6.49. The molecule has 4 rings (SSSR count). The SMILES string of the molecule is CCCC1CCC(C2CCC(CCc3ccc4c(F)c(CC)ccc4c3)CC2)CC1. The summed E-state index contributed by atoms with van der Waals surface area (Å²) in [6.45, 7) is 4.36. The van der Waals surface area contributed by atoms with E-state index in [1.807, 2.05) is 19.1 Å². The lowest BCUT2D eigenvalue weighted by Gasteiger charge is -2.38. The fraction of sp³-hybridized carbons (Fsp3) is 0.655. The summed E-state index contributed by atoms with van der Waals surface area (Å²) in [5.74, 6) is 3.95. The molecule has 1 heteroatoms. The number of benzene rings is 2. The van der Waals surface area contributed by atoms with Crippen LogP contribution in [0.25, 0.3) is 10.8 Å². The van der Waals surface area contributed by atoms with E-state index in [9.17, 15) is 4.39 Å². The molecule has 164 valence electrons. The molecule has 0 atom stereocenters. The van der Waals surface area contributed by atoms with Crippen LogP contribution < -0.4 is 0 Å². The molecule has 2 saturated carbocycles. The Morgan fingerprint density at radius 3 is 2.00 bits per heavy atom. The second-order valence-corrected chi connectivity index (χ2v) is 10.3. The highest BCUT2D eigenvalue weighted by molar-refractivity contribution is 5.84. The van der Waals surface area contributed by atoms with Crippen molar-refractivity contribution in [3.8, 4) is 0 Å². The third kappa shape index (κ3) is 5.09. The van der Waals surface area contributed by atoms with E-state index >= 15 is 0 Å². The first kappa shape index (κ1) is 21.8. The standard InChI is InChI=1S/C29H41F/c1-3-5-21-8-13-25(14-9-21)26-15-10-22(11-16-26)6-7-23-12-19-28-27(20-23)18-17-24(4-2)29(28)30/h12,17-22,25-26H,3-11,13-16H2,1-2H3. The van der Waals surface area contributed by atoms with Gasteiger partial charge in [0.2, 0.25) is 0 Å². The van der Waals surface area contributed by atoms with Crippen LogP contribution in [0.3, 0.4) is 0 Å². The Hall–Kier alpha value is -1.37. The number of aryl methyl sites for hydroxylation is 2. The Bertz CT molecular complexity index is 806. The van der Waals surface area contributed by atoms with E-state index in [0.29, 0.717) is 0 Å². The van der Waals surface area contributed by atoms with Crippen LogP contribution in [-0.4, -0.2) is 0 Å². The van der Waals surface area contributed by atoms with Gasteiger partial charge in [-0.2, -0.15) is 0 Å². The molecule has 0 amide bonds. The van der Waals surface area contributed by atoms with Gasteiger partial charge in [-0.3, -0.25) is 0 Å². The van der Waals surface area contributed by atoms with Gasteiger partial charge in [0.15, 0.2) is 0 Å². The minimum Gasteiger partial charge on any atom is -0.206 e. The Labute approximate surface area is 183 Å². The van der Waals surface area contributed by atoms with Crippen LogP contribution in [0.1, 0.15) is 95.6 Å². The number of hydrogen-bond acceptors (Lipinski definition) is 0. The molecular weight excluding hydrogens is 367 g/mol. The molecule has 30 heavy (non-hydrogen) atoms. The molecule has 2 aromatic carbocycles. The van der Waals surface area contributed by atoms with Crippen LogP contribution in [0.15, 0.2) is 30.3 Å². The third-order valence-corrected chi connectivity index (χ3v) is 8.47. The van der Waals surface area contributed by atoms with Gasteiger partial charge in [-0.05, 0) is 85.1 Å². The predicted octanol–water partition coefficient (Wildman–Crippen LogP) is 8.89. The quantitative estimate of drug-likeness (QED) is 0.429. The summed E-state index contributed by atoms with van der Waals surface area (Å²) >= 11 is 0. The van der Waals surface area contributed by atoms with Crippen molar-refractivity contribution in [1.82, 2.24) is 0 Å². The second kappa shape index (κ2) is 10.3. The van der Waals surface area contributed by atoms with Crippen molar-refractivity contribution in [3.05, 3.63) is 47.3 Å². The van der Waals surface area contributed by atoms with E-state index in [0.717, 1.165) is 52.8 Å². The van der Waals surface area contributed by atoms with Crippen molar-refractivity contribution < 1.29 is 4.39 Å². The Morgan fingerprint density at radius 2 is 1.40 bits per heavy atom. The number of hydrogen-bond donors (Lipinski definition) is 0. The maximum absolute atomic E-state index is 14.5. The van der Waals surface area contributed by atoms with Gasteiger partial charge in [-0.25, -0.2) is 4.39 Å². The average molecular weight is 409 g/mol. The summed E-state index contributed by atoms with van der Waals surface area (Å²) in [4.78, 5) is 0. The molecule has 2 fully saturated rings. The van der Waals surface area contributed by atoms with E-state index in [2.05, 4.69) is 25.1 Å². The molecule has 2 aliphatic carbocycles. The summed E-state index contributed by atoms with van der Waals surface area (Å²) in [5, 5.41) is 1.84. The largest absolute Gasteiger partial charge is 0.206 e. The lowest BCUT2D eigenvalue weighted by Crippen LogP contribution is -2.26. The van der Waals surface area contributed by atoms with E-state index in [-0.39, 0.29) is 5.82 Å². The summed E-state index contributed by atoms with van der Waals surface area (Å²) in [7, 11) is 0. The van der Waals surface area contributed by atoms with Crippen LogP contribution >= 0.6 is 0 Å². The minimum atomic E-state index is -0.0244. The van der Waals surface area contributed by atoms with Gasteiger partial charge in [0.25, 0.3) is 0 Å². The summed E-state index contributed by atoms with van der Waals surface area (Å²) < 4.78 is 14.5. The van der Waals surface area contributed by atoms with Crippen molar-refractivity contribution in [2.45, 2.75) is 97.3 Å². The molecule has 2 aliphatic rings. The lowest BCUT2D eigenvalue weighted by molar-refractivity contribution is 0.141. The first-order valence-corrected chi connectivity index (χ1v) is 12.9. The van der Waals surface area contributed by atoms with Crippen molar-refractivity contribution in [1.29, 1.82) is 0 Å². The number of rotatable bonds is 7. The zero-order valence-electron chi connectivity index (χ0n) is 19.3. The molecule has 0 spiro atoms. The van der Waals surface area contributed by atoms with Crippen molar-refractivity contribution >= 4 is 10.8 Å². The highest BCUT2D eigenvalue weighted by atomic mass is 19.1. The third-order valence-electron chi connectivity index (χ3n) is 8.47. The topological polar surface area (TPSA) is 0 Å². The van der Waals surface area contributed by atoms with Gasteiger partial charge in [0.05, 0.1) is 0 Å². The van der Waals surface area contributed by atoms with Crippen LogP contribution in [0, 0.1) is 29.5 Å². The summed E-state index contributed by atoms with van der Waals surface area (Å²) in [5.41, 5.74) is 2.20. The molecule has 0 radical (unpaired) electrons. The van der Waals surface area contributed by atoms with E-state index in [1.165, 1.54) is 76.2 Å². The Kier molecular flexibility index (Phi) is 7.50. The molecule has 0 aliphatic heterocycles. The smallest absolute Gasteiger partial charge is 0.134 e. The highest BCUT2D eigenvalue weighted by Crippen LogP contribution is 2.43. The minimum absolute atomic E-state index is 0.0244. The van der Waals surface area contributed by atoms with Gasteiger partial charge in [-0.15, -0.1) is 0 Å². The lowest BCUT2D eigenvalue weighted by atomic mass is 9.68. The molecule has 0 heterocycles. The maximum Gasteiger partial charge on any atom is 0.134 e. The van der Waals surface area contributed by atoms with Crippen molar-refractivity contribution in [3.63, 3.8) is 0 Å². The second-order valence-electron chi connectivity index (χ2n) is 10.3. The summed E-state index contributed by atoms with van der Waals surface area (Å²) in [6.07, 6.45) is 17.8. The van der Waals surface area contributed by atoms with E-state index in [4.69, 9.17) is 0 Å². The van der Waals surface area contributed by atoms with Crippen LogP contribution in [0.4, 0.5) is 4.39 Å². The zero-order valence-corrected chi connectivity index (χ0v) is 19.3. The summed E-state index contributed by atoms with van der Waals surface area (Å²) in [6, 6.07) is 10.4. The average Bonchev–Trinajstić information content (AvgIpc) is 2.79. The van der Waals surface area contributed by atoms with Crippen molar-refractivity contribution in [2.24, 2.45) is 23.7 Å². The monoisotopic (exact) mass is 408 g/mol. The maximum atomic E-state index is 14.5. The predicted molar refractivity (Wildman–Crippen MR) is 127 cm³/mol. The zero-order chi connectivity index (χ0) is 20.9. The molecule has 0 nitrogen and oxygen atoms in total. The molecule has 0 aromatic heterocycles. The first-order chi connectivity index (χ1) is 14.7. The van der Waals surface area contributed by atoms with Crippen LogP contribution in [0.2, 0.25) is 0 Å². The van der Waals surface area contributed by atoms with Gasteiger partial charge in [0, 0.05) is 5.39 Å². The van der Waals surface area contributed by atoms with Crippen LogP contribution in [-0.2, 0) is 12.8 Å². The molecule has 2 aromatic rings.